The number of hydrogen-bond acceptors (Lipinski definition) is 11. The number of carbonyl (C=O) groups is 1. The molecule has 6 fully saturated rings. The van der Waals surface area contributed by atoms with E-state index in [1.54, 1.807) is 14.0 Å². The molecule has 0 radical (unpaired) electrons. The second kappa shape index (κ2) is 12.5. The molecule has 7 aliphatic rings. The summed E-state index contributed by atoms with van der Waals surface area (Å²) >= 11 is 0. The zero-order chi connectivity index (χ0) is 35.4. The number of aliphatic hydroxyl groups excluding tert-OH is 3. The van der Waals surface area contributed by atoms with E-state index >= 15 is 0 Å². The SMILES string of the molecule is CO[C@H]1C[C@H](OC(C)[C@]2(O)[C@H]3NC(=O)C[C@H]3[C@H]3[C@@H]4CC=C5C[C@@H](O)CC[C@]5(C)[C@H]4CC[C@@]32C)O[C@H](C)[C@H]1O[C@@H]1O[C@H](C)[C@@H](O)[C@](C)(O)[C@H]1O. The fraction of sp³-hybridized carbons (Fsp3) is 0.919. The van der Waals surface area contributed by atoms with Crippen LogP contribution in [0, 0.1) is 34.5 Å². The molecule has 1 amide bonds. The van der Waals surface area contributed by atoms with E-state index in [1.165, 1.54) is 12.5 Å². The lowest BCUT2D eigenvalue weighted by molar-refractivity contribution is -0.358. The van der Waals surface area contributed by atoms with Gasteiger partial charge in [0, 0.05) is 25.4 Å². The Kier molecular flexibility index (Phi) is 9.20. The second-order valence-corrected chi connectivity index (χ2v) is 17.3. The van der Waals surface area contributed by atoms with Crippen LogP contribution < -0.4 is 5.32 Å². The van der Waals surface area contributed by atoms with Crippen molar-refractivity contribution >= 4 is 5.91 Å². The number of ether oxygens (including phenoxy) is 5. The highest BCUT2D eigenvalue weighted by Crippen LogP contribution is 2.70. The Morgan fingerprint density at radius 2 is 1.71 bits per heavy atom. The summed E-state index contributed by atoms with van der Waals surface area (Å²) in [5, 5.41) is 58.6. The predicted molar refractivity (Wildman–Crippen MR) is 176 cm³/mol. The van der Waals surface area contributed by atoms with Crippen molar-refractivity contribution < 1.29 is 54.0 Å². The third kappa shape index (κ3) is 5.33. The first-order chi connectivity index (χ1) is 23.0. The van der Waals surface area contributed by atoms with Crippen LogP contribution in [0.25, 0.3) is 0 Å². The lowest BCUT2D eigenvalue weighted by Gasteiger charge is -2.60. The van der Waals surface area contributed by atoms with Gasteiger partial charge in [-0.2, -0.15) is 0 Å². The van der Waals surface area contributed by atoms with Gasteiger partial charge in [0.1, 0.15) is 29.5 Å². The molecule has 3 heterocycles. The Balaban J connectivity index is 1.10. The van der Waals surface area contributed by atoms with Gasteiger partial charge in [-0.3, -0.25) is 4.79 Å². The van der Waals surface area contributed by atoms with Crippen molar-refractivity contribution in [3.8, 4) is 0 Å². The van der Waals surface area contributed by atoms with Gasteiger partial charge in [-0.25, -0.2) is 0 Å². The van der Waals surface area contributed by atoms with E-state index in [2.05, 4.69) is 25.2 Å². The first kappa shape index (κ1) is 36.2. The minimum atomic E-state index is -1.84. The molecule has 3 saturated heterocycles. The summed E-state index contributed by atoms with van der Waals surface area (Å²) in [6, 6.07) is -0.444. The molecule has 7 rings (SSSR count). The average molecular weight is 694 g/mol. The van der Waals surface area contributed by atoms with Crippen LogP contribution >= 0.6 is 0 Å². The summed E-state index contributed by atoms with van der Waals surface area (Å²) in [5.74, 6) is 0.858. The summed E-state index contributed by atoms with van der Waals surface area (Å²) in [4.78, 5) is 13.0. The molecule has 12 nitrogen and oxygen atoms in total. The smallest absolute Gasteiger partial charge is 0.220 e. The zero-order valence-corrected chi connectivity index (χ0v) is 30.1. The van der Waals surface area contributed by atoms with E-state index in [4.69, 9.17) is 23.7 Å². The molecule has 0 aromatic carbocycles. The van der Waals surface area contributed by atoms with Gasteiger partial charge in [-0.05, 0) is 95.3 Å². The van der Waals surface area contributed by atoms with Crippen LogP contribution in [0.5, 0.6) is 0 Å². The van der Waals surface area contributed by atoms with Crippen molar-refractivity contribution in [2.75, 3.05) is 7.11 Å². The van der Waals surface area contributed by atoms with Crippen LogP contribution in [-0.2, 0) is 28.5 Å². The number of hydrogen-bond donors (Lipinski definition) is 6. The Morgan fingerprint density at radius 1 is 0.980 bits per heavy atom. The zero-order valence-electron chi connectivity index (χ0n) is 30.1. The quantitative estimate of drug-likeness (QED) is 0.224. The van der Waals surface area contributed by atoms with Crippen LogP contribution in [-0.4, -0.2) is 117 Å². The maximum absolute atomic E-state index is 13.0. The van der Waals surface area contributed by atoms with Crippen LogP contribution in [0.15, 0.2) is 11.6 Å². The Bertz CT molecular complexity index is 1310. The van der Waals surface area contributed by atoms with Crippen LogP contribution in [0.3, 0.4) is 0 Å². The summed E-state index contributed by atoms with van der Waals surface area (Å²) in [7, 11) is 1.56. The predicted octanol–water partition coefficient (Wildman–Crippen LogP) is 1.92. The fourth-order valence-corrected chi connectivity index (χ4v) is 12.1. The van der Waals surface area contributed by atoms with Crippen molar-refractivity contribution in [2.45, 2.75) is 172 Å². The Labute approximate surface area is 289 Å². The van der Waals surface area contributed by atoms with E-state index in [1.807, 2.05) is 13.8 Å². The van der Waals surface area contributed by atoms with Crippen LogP contribution in [0.2, 0.25) is 0 Å². The Hall–Kier alpha value is -1.19. The second-order valence-electron chi connectivity index (χ2n) is 17.3. The normalized spacial score (nSPS) is 56.2. The number of fused-ring (bicyclic) bond motifs is 7. The number of rotatable bonds is 6. The van der Waals surface area contributed by atoms with Gasteiger partial charge in [0.15, 0.2) is 12.6 Å². The van der Waals surface area contributed by atoms with Gasteiger partial charge in [0.05, 0.1) is 36.6 Å². The molecule has 0 bridgehead atoms. The molecule has 4 aliphatic carbocycles. The molecule has 3 saturated carbocycles. The summed E-state index contributed by atoms with van der Waals surface area (Å²) in [6.45, 7) is 11.2. The maximum Gasteiger partial charge on any atom is 0.220 e. The van der Waals surface area contributed by atoms with E-state index < -0.39 is 78.0 Å². The molecule has 0 aromatic rings. The van der Waals surface area contributed by atoms with Crippen molar-refractivity contribution in [3.63, 3.8) is 0 Å². The number of nitrogens with one attached hydrogen (secondary N) is 1. The highest BCUT2D eigenvalue weighted by atomic mass is 16.7. The molecule has 0 spiro atoms. The van der Waals surface area contributed by atoms with Crippen molar-refractivity contribution in [2.24, 2.45) is 34.5 Å². The molecular weight excluding hydrogens is 634 g/mol. The number of aliphatic hydroxyl groups is 5. The molecule has 12 heteroatoms. The van der Waals surface area contributed by atoms with Crippen molar-refractivity contribution in [1.82, 2.24) is 5.32 Å². The van der Waals surface area contributed by atoms with Crippen LogP contribution in [0.1, 0.15) is 92.9 Å². The lowest BCUT2D eigenvalue weighted by Crippen LogP contribution is -2.66. The van der Waals surface area contributed by atoms with E-state index in [0.29, 0.717) is 18.3 Å². The highest BCUT2D eigenvalue weighted by Gasteiger charge is 2.74. The Morgan fingerprint density at radius 3 is 2.43 bits per heavy atom. The molecule has 19 atom stereocenters. The van der Waals surface area contributed by atoms with Crippen molar-refractivity contribution in [3.05, 3.63) is 11.6 Å². The molecule has 1 unspecified atom stereocenters. The van der Waals surface area contributed by atoms with Crippen molar-refractivity contribution in [1.29, 1.82) is 0 Å². The average Bonchev–Trinajstić information content (AvgIpc) is 3.51. The van der Waals surface area contributed by atoms with Gasteiger partial charge in [0.25, 0.3) is 0 Å². The fourth-order valence-electron chi connectivity index (χ4n) is 12.1. The van der Waals surface area contributed by atoms with Gasteiger partial charge in [0.2, 0.25) is 5.91 Å². The standard InChI is InChI=1S/C37H59NO11/c1-17-29(49-33-32(42)36(6,43)31(41)18(2)47-33)25(45-7)16-27(46-17)48-19(3)37(44)30-23(15-26(40)38-30)28-22-9-8-20-14-21(39)10-12-34(20,4)24(22)11-13-35(28,37)5/h8,17-19,21-25,27-33,39,41-44H,9-16H2,1-7H3,(H,38,40)/t17-,18-,19?,21+,22-,23+,24+,25+,27+,28-,29-,30+,31-,32+,33+,34+,35+,36+,37+/m1/s1. The van der Waals surface area contributed by atoms with Crippen LogP contribution in [0.4, 0.5) is 0 Å². The van der Waals surface area contributed by atoms with Gasteiger partial charge in [-0.15, -0.1) is 0 Å². The molecule has 3 aliphatic heterocycles. The van der Waals surface area contributed by atoms with E-state index in [-0.39, 0.29) is 35.7 Å². The maximum atomic E-state index is 13.0. The first-order valence-corrected chi connectivity index (χ1v) is 18.6. The number of carbonyl (C=O) groups excluding carboxylic acids is 1. The summed E-state index contributed by atoms with van der Waals surface area (Å²) in [5.41, 5.74) is -2.28. The highest BCUT2D eigenvalue weighted by molar-refractivity contribution is 5.80. The first-order valence-electron chi connectivity index (χ1n) is 18.6. The molecular formula is C37H59NO11. The molecule has 6 N–H and O–H groups in total. The van der Waals surface area contributed by atoms with Gasteiger partial charge >= 0.3 is 0 Å². The van der Waals surface area contributed by atoms with Gasteiger partial charge < -0.3 is 54.5 Å². The molecule has 49 heavy (non-hydrogen) atoms. The topological polar surface area (TPSA) is 176 Å². The van der Waals surface area contributed by atoms with Gasteiger partial charge in [-0.1, -0.05) is 25.5 Å². The monoisotopic (exact) mass is 693 g/mol. The summed E-state index contributed by atoms with van der Waals surface area (Å²) < 4.78 is 30.8. The minimum Gasteiger partial charge on any atom is -0.393 e. The van der Waals surface area contributed by atoms with E-state index in [9.17, 15) is 30.3 Å². The summed E-state index contributed by atoms with van der Waals surface area (Å²) in [6.07, 6.45) is -0.0520. The molecule has 278 valence electrons. The largest absolute Gasteiger partial charge is 0.393 e. The van der Waals surface area contributed by atoms with E-state index in [0.717, 1.165) is 38.5 Å². The number of methoxy groups -OCH3 is 1. The number of amides is 1. The third-order valence-electron chi connectivity index (χ3n) is 14.8. The third-order valence-corrected chi connectivity index (χ3v) is 14.8. The minimum absolute atomic E-state index is 0.00942. The lowest BCUT2D eigenvalue weighted by atomic mass is 9.46. The molecule has 0 aromatic heterocycles. The number of allylic oxidation sites excluding steroid dienone is 1.